The molecule has 0 saturated carbocycles. The summed E-state index contributed by atoms with van der Waals surface area (Å²) in [7, 11) is 0. The van der Waals surface area contributed by atoms with Crippen LogP contribution in [0.1, 0.15) is 6.23 Å². The van der Waals surface area contributed by atoms with Gasteiger partial charge in [-0.15, -0.1) is 12.4 Å². The smallest absolute Gasteiger partial charge is 0.351 e. The van der Waals surface area contributed by atoms with Crippen molar-refractivity contribution in [2.75, 3.05) is 12.3 Å². The zero-order chi connectivity index (χ0) is 12.6. The summed E-state index contributed by atoms with van der Waals surface area (Å²) in [6.45, 7) is -0.453. The molecule has 1 aromatic rings. The molecule has 18 heavy (non-hydrogen) atoms. The molecule has 8 nitrogen and oxygen atoms in total. The lowest BCUT2D eigenvalue weighted by Gasteiger charge is -2.16. The summed E-state index contributed by atoms with van der Waals surface area (Å²) in [6, 6.07) is 1.37. The van der Waals surface area contributed by atoms with Crippen molar-refractivity contribution in [1.82, 2.24) is 9.55 Å². The monoisotopic (exact) mass is 279 g/mol. The second-order valence-electron chi connectivity index (χ2n) is 3.77. The zero-order valence-corrected chi connectivity index (χ0v) is 10.0. The van der Waals surface area contributed by atoms with Crippen molar-refractivity contribution >= 4 is 18.2 Å². The first-order valence-corrected chi connectivity index (χ1v) is 5.01. The molecule has 0 aliphatic carbocycles. The van der Waals surface area contributed by atoms with Gasteiger partial charge in [0.2, 0.25) is 0 Å². The van der Waals surface area contributed by atoms with E-state index in [-0.39, 0.29) is 18.2 Å². The Bertz CT molecular complexity index is 468. The summed E-state index contributed by atoms with van der Waals surface area (Å²) in [5.74, 6) is 0.0537. The van der Waals surface area contributed by atoms with E-state index in [4.69, 9.17) is 15.6 Å². The molecule has 102 valence electrons. The minimum atomic E-state index is -1.31. The number of aromatic nitrogens is 2. The Morgan fingerprint density at radius 3 is 2.61 bits per heavy atom. The zero-order valence-electron chi connectivity index (χ0n) is 9.21. The molecule has 9 heteroatoms. The third kappa shape index (κ3) is 2.47. The highest BCUT2D eigenvalue weighted by Crippen LogP contribution is 2.27. The van der Waals surface area contributed by atoms with Crippen molar-refractivity contribution in [1.29, 1.82) is 0 Å². The molecule has 0 amide bonds. The minimum Gasteiger partial charge on any atom is -0.394 e. The van der Waals surface area contributed by atoms with Gasteiger partial charge in [0.1, 0.15) is 24.1 Å². The highest BCUT2D eigenvalue weighted by Gasteiger charge is 2.43. The normalized spacial score (nSPS) is 31.1. The van der Waals surface area contributed by atoms with Gasteiger partial charge in [-0.3, -0.25) is 4.57 Å². The minimum absolute atomic E-state index is 0. The van der Waals surface area contributed by atoms with Crippen molar-refractivity contribution in [2.24, 2.45) is 0 Å². The Morgan fingerprint density at radius 1 is 1.44 bits per heavy atom. The van der Waals surface area contributed by atoms with Gasteiger partial charge in [-0.1, -0.05) is 0 Å². The number of hydrogen-bond donors (Lipinski definition) is 4. The van der Waals surface area contributed by atoms with Crippen LogP contribution in [0.25, 0.3) is 0 Å². The van der Waals surface area contributed by atoms with Gasteiger partial charge in [-0.25, -0.2) is 4.79 Å². The molecule has 1 fully saturated rings. The van der Waals surface area contributed by atoms with Crippen molar-refractivity contribution < 1.29 is 20.1 Å². The predicted molar refractivity (Wildman–Crippen MR) is 63.2 cm³/mol. The predicted octanol–water partition coefficient (Wildman–Crippen LogP) is -2.14. The summed E-state index contributed by atoms with van der Waals surface area (Å²) >= 11 is 0. The van der Waals surface area contributed by atoms with Gasteiger partial charge in [0.15, 0.2) is 6.23 Å². The maximum atomic E-state index is 11.5. The van der Waals surface area contributed by atoms with Crippen LogP contribution in [0.5, 0.6) is 0 Å². The first kappa shape index (κ1) is 14.9. The molecular formula is C9H14ClN3O5. The van der Waals surface area contributed by atoms with E-state index < -0.39 is 36.8 Å². The molecule has 1 aliphatic rings. The number of anilines is 1. The maximum Gasteiger partial charge on any atom is 0.351 e. The van der Waals surface area contributed by atoms with Crippen LogP contribution < -0.4 is 11.4 Å². The third-order valence-electron chi connectivity index (χ3n) is 2.64. The lowest BCUT2D eigenvalue weighted by atomic mass is 10.1. The van der Waals surface area contributed by atoms with Gasteiger partial charge < -0.3 is 25.8 Å². The molecular weight excluding hydrogens is 266 g/mol. The van der Waals surface area contributed by atoms with Gasteiger partial charge in [0.05, 0.1) is 6.61 Å². The van der Waals surface area contributed by atoms with E-state index in [9.17, 15) is 15.0 Å². The summed E-state index contributed by atoms with van der Waals surface area (Å²) in [5, 5.41) is 28.2. The lowest BCUT2D eigenvalue weighted by molar-refractivity contribution is -0.0549. The number of rotatable bonds is 2. The van der Waals surface area contributed by atoms with Gasteiger partial charge in [-0.2, -0.15) is 4.98 Å². The highest BCUT2D eigenvalue weighted by atomic mass is 35.5. The molecule has 0 radical (unpaired) electrons. The number of nitrogen functional groups attached to an aromatic ring is 1. The average Bonchev–Trinajstić information content (AvgIpc) is 2.57. The number of hydrogen-bond acceptors (Lipinski definition) is 7. The number of ether oxygens (including phenoxy) is 1. The van der Waals surface area contributed by atoms with E-state index >= 15 is 0 Å². The third-order valence-corrected chi connectivity index (χ3v) is 2.64. The number of aliphatic hydroxyl groups is 3. The van der Waals surface area contributed by atoms with E-state index in [1.807, 2.05) is 0 Å². The van der Waals surface area contributed by atoms with Crippen molar-refractivity contribution in [2.45, 2.75) is 24.5 Å². The number of halogens is 1. The number of nitrogens with zero attached hydrogens (tertiary/aromatic N) is 2. The van der Waals surface area contributed by atoms with Crippen molar-refractivity contribution in [3.63, 3.8) is 0 Å². The Balaban J connectivity index is 0.00000162. The fraction of sp³-hybridized carbons (Fsp3) is 0.556. The molecule has 2 rings (SSSR count). The molecule has 0 aromatic carbocycles. The summed E-state index contributed by atoms with van der Waals surface area (Å²) < 4.78 is 6.19. The first-order valence-electron chi connectivity index (χ1n) is 5.01. The van der Waals surface area contributed by atoms with Gasteiger partial charge in [-0.05, 0) is 6.07 Å². The standard InChI is InChI=1S/C9H13N3O5.ClH/c10-5-1-2-12(9(16)11-5)8-7(15)6(14)4(3-13)17-8;/h1-2,4,6-8,13-15H,3H2,(H2,10,11,16);1H/t4-,6-,7+,8?;/m1./s1. The number of aliphatic hydroxyl groups excluding tert-OH is 3. The average molecular weight is 280 g/mol. The van der Waals surface area contributed by atoms with E-state index in [0.717, 1.165) is 4.57 Å². The fourth-order valence-corrected chi connectivity index (χ4v) is 1.73. The van der Waals surface area contributed by atoms with Crippen LogP contribution >= 0.6 is 12.4 Å². The Kier molecular flexibility index (Phi) is 4.65. The van der Waals surface area contributed by atoms with Crippen LogP contribution in [0, 0.1) is 0 Å². The van der Waals surface area contributed by atoms with Crippen molar-refractivity contribution in [3.05, 3.63) is 22.7 Å². The second-order valence-corrected chi connectivity index (χ2v) is 3.77. The van der Waals surface area contributed by atoms with Gasteiger partial charge >= 0.3 is 5.69 Å². The fourth-order valence-electron chi connectivity index (χ4n) is 1.73. The van der Waals surface area contributed by atoms with E-state index in [1.165, 1.54) is 12.3 Å². The van der Waals surface area contributed by atoms with Crippen molar-refractivity contribution in [3.8, 4) is 0 Å². The molecule has 0 bridgehead atoms. The van der Waals surface area contributed by atoms with E-state index in [0.29, 0.717) is 0 Å². The molecule has 1 unspecified atom stereocenters. The molecule has 1 saturated heterocycles. The molecule has 5 N–H and O–H groups in total. The Morgan fingerprint density at radius 2 is 2.11 bits per heavy atom. The molecule has 1 aliphatic heterocycles. The van der Waals surface area contributed by atoms with Crippen LogP contribution in [-0.2, 0) is 4.74 Å². The number of nitrogens with two attached hydrogens (primary N) is 1. The highest BCUT2D eigenvalue weighted by molar-refractivity contribution is 5.85. The van der Waals surface area contributed by atoms with Crippen LogP contribution in [-0.4, -0.2) is 49.8 Å². The summed E-state index contributed by atoms with van der Waals surface area (Å²) in [4.78, 5) is 15.0. The SMILES string of the molecule is Cl.Nc1ccn(C2O[C@H](CO)[C@@H](O)[C@@H]2O)c(=O)n1. The second kappa shape index (κ2) is 5.63. The summed E-state index contributed by atoms with van der Waals surface area (Å²) in [6.07, 6.45) is -3.27. The van der Waals surface area contributed by atoms with Crippen LogP contribution in [0.2, 0.25) is 0 Å². The van der Waals surface area contributed by atoms with E-state index in [1.54, 1.807) is 0 Å². The van der Waals surface area contributed by atoms with Gasteiger partial charge in [0, 0.05) is 6.20 Å². The quantitative estimate of drug-likeness (QED) is 0.486. The Labute approximate surface area is 108 Å². The molecule has 2 heterocycles. The Hall–Kier alpha value is -1.19. The molecule has 1 aromatic heterocycles. The molecule has 4 atom stereocenters. The van der Waals surface area contributed by atoms with Gasteiger partial charge in [0.25, 0.3) is 0 Å². The summed E-state index contributed by atoms with van der Waals surface area (Å²) in [5.41, 5.74) is 4.63. The topological polar surface area (TPSA) is 131 Å². The first-order chi connectivity index (χ1) is 8.04. The van der Waals surface area contributed by atoms with Crippen LogP contribution in [0.3, 0.4) is 0 Å². The van der Waals surface area contributed by atoms with Crippen LogP contribution in [0.15, 0.2) is 17.1 Å². The molecule has 0 spiro atoms. The maximum absolute atomic E-state index is 11.5. The van der Waals surface area contributed by atoms with Crippen LogP contribution in [0.4, 0.5) is 5.82 Å². The van der Waals surface area contributed by atoms with E-state index in [2.05, 4.69) is 4.98 Å². The largest absolute Gasteiger partial charge is 0.394 e. The lowest BCUT2D eigenvalue weighted by Crippen LogP contribution is -2.36.